The predicted molar refractivity (Wildman–Crippen MR) is 77.8 cm³/mol. The molecule has 2 atom stereocenters. The Morgan fingerprint density at radius 1 is 1.33 bits per heavy atom. The first-order chi connectivity index (χ1) is 8.79. The smallest absolute Gasteiger partial charge is 0.0236 e. The fraction of sp³-hybridized carbons (Fsp3) is 0.625. The van der Waals surface area contributed by atoms with Crippen molar-refractivity contribution in [3.05, 3.63) is 35.4 Å². The topological polar surface area (TPSA) is 24.1 Å². The van der Waals surface area contributed by atoms with E-state index >= 15 is 0 Å². The summed E-state index contributed by atoms with van der Waals surface area (Å²) in [5.74, 6) is 0. The van der Waals surface area contributed by atoms with Gasteiger partial charge in [-0.2, -0.15) is 0 Å². The van der Waals surface area contributed by atoms with Gasteiger partial charge in [0, 0.05) is 25.2 Å². The van der Waals surface area contributed by atoms with Gasteiger partial charge in [-0.3, -0.25) is 0 Å². The third-order valence-electron chi connectivity index (χ3n) is 3.87. The van der Waals surface area contributed by atoms with E-state index in [0.717, 1.165) is 19.5 Å². The summed E-state index contributed by atoms with van der Waals surface area (Å²) in [7, 11) is 0. The maximum Gasteiger partial charge on any atom is 0.0236 e. The van der Waals surface area contributed by atoms with Crippen molar-refractivity contribution in [2.75, 3.05) is 6.54 Å². The zero-order valence-electron chi connectivity index (χ0n) is 11.7. The van der Waals surface area contributed by atoms with Gasteiger partial charge in [0.15, 0.2) is 0 Å². The van der Waals surface area contributed by atoms with Crippen LogP contribution in [0.15, 0.2) is 24.3 Å². The number of hydrogen-bond acceptors (Lipinski definition) is 2. The van der Waals surface area contributed by atoms with E-state index in [2.05, 4.69) is 48.7 Å². The first-order valence-corrected chi connectivity index (χ1v) is 7.33. The Hall–Kier alpha value is -0.860. The molecule has 0 aromatic heterocycles. The molecule has 0 fully saturated rings. The van der Waals surface area contributed by atoms with Crippen LogP contribution in [0.4, 0.5) is 0 Å². The highest BCUT2D eigenvalue weighted by atomic mass is 15.0. The Bertz CT molecular complexity index is 362. The Balaban J connectivity index is 1.76. The molecule has 0 radical (unpaired) electrons. The highest BCUT2D eigenvalue weighted by molar-refractivity contribution is 5.29. The van der Waals surface area contributed by atoms with Gasteiger partial charge in [0.25, 0.3) is 0 Å². The molecule has 1 unspecified atom stereocenters. The van der Waals surface area contributed by atoms with Crippen molar-refractivity contribution in [1.29, 1.82) is 0 Å². The fourth-order valence-electron chi connectivity index (χ4n) is 2.62. The Morgan fingerprint density at radius 2 is 2.11 bits per heavy atom. The van der Waals surface area contributed by atoms with E-state index in [-0.39, 0.29) is 0 Å². The minimum atomic E-state index is 0.587. The number of hydrogen-bond donors (Lipinski definition) is 2. The van der Waals surface area contributed by atoms with E-state index in [1.807, 2.05) is 0 Å². The molecule has 2 heteroatoms. The summed E-state index contributed by atoms with van der Waals surface area (Å²) in [6.07, 6.45) is 5.07. The van der Waals surface area contributed by atoms with Crippen LogP contribution in [-0.4, -0.2) is 18.6 Å². The molecule has 0 saturated carbocycles. The van der Waals surface area contributed by atoms with Gasteiger partial charge in [0.2, 0.25) is 0 Å². The Kier molecular flexibility index (Phi) is 5.21. The van der Waals surface area contributed by atoms with Gasteiger partial charge in [0.1, 0.15) is 0 Å². The second-order valence-electron chi connectivity index (χ2n) is 5.50. The van der Waals surface area contributed by atoms with Crippen molar-refractivity contribution < 1.29 is 0 Å². The van der Waals surface area contributed by atoms with Crippen LogP contribution in [0.3, 0.4) is 0 Å². The number of unbranched alkanes of at least 4 members (excludes halogenated alkanes) is 1. The third-order valence-corrected chi connectivity index (χ3v) is 3.87. The maximum absolute atomic E-state index is 3.66. The molecule has 1 aromatic rings. The number of nitrogens with one attached hydrogen (secondary N) is 2. The van der Waals surface area contributed by atoms with Crippen molar-refractivity contribution in [2.45, 2.75) is 58.2 Å². The average molecular weight is 246 g/mol. The van der Waals surface area contributed by atoms with Gasteiger partial charge >= 0.3 is 0 Å². The maximum atomic E-state index is 3.66. The van der Waals surface area contributed by atoms with E-state index in [9.17, 15) is 0 Å². The summed E-state index contributed by atoms with van der Waals surface area (Å²) >= 11 is 0. The first-order valence-electron chi connectivity index (χ1n) is 7.33. The largest absolute Gasteiger partial charge is 0.313 e. The third kappa shape index (κ3) is 3.82. The Labute approximate surface area is 111 Å². The van der Waals surface area contributed by atoms with Gasteiger partial charge in [-0.1, -0.05) is 44.0 Å². The minimum Gasteiger partial charge on any atom is -0.313 e. The van der Waals surface area contributed by atoms with Crippen LogP contribution in [0.2, 0.25) is 0 Å². The second kappa shape index (κ2) is 6.91. The van der Waals surface area contributed by atoms with Crippen LogP contribution < -0.4 is 10.6 Å². The van der Waals surface area contributed by atoms with Gasteiger partial charge in [-0.05, 0) is 30.9 Å². The van der Waals surface area contributed by atoms with Crippen LogP contribution in [0.5, 0.6) is 0 Å². The predicted octanol–water partition coefficient (Wildman–Crippen LogP) is 2.87. The average Bonchev–Trinajstić information content (AvgIpc) is 2.42. The molecule has 2 nitrogen and oxygen atoms in total. The molecule has 2 N–H and O–H groups in total. The first kappa shape index (κ1) is 13.6. The van der Waals surface area contributed by atoms with Crippen LogP contribution in [-0.2, 0) is 13.0 Å². The minimum absolute atomic E-state index is 0.587. The summed E-state index contributed by atoms with van der Waals surface area (Å²) in [6.45, 7) is 6.66. The summed E-state index contributed by atoms with van der Waals surface area (Å²) in [5, 5.41) is 7.28. The lowest BCUT2D eigenvalue weighted by Crippen LogP contribution is -2.45. The molecule has 0 bridgehead atoms. The van der Waals surface area contributed by atoms with E-state index in [4.69, 9.17) is 0 Å². The van der Waals surface area contributed by atoms with E-state index in [1.54, 1.807) is 0 Å². The molecule has 0 amide bonds. The summed E-state index contributed by atoms with van der Waals surface area (Å²) in [5.41, 5.74) is 2.98. The van der Waals surface area contributed by atoms with Gasteiger partial charge in [0.05, 0.1) is 0 Å². The summed E-state index contributed by atoms with van der Waals surface area (Å²) in [4.78, 5) is 0. The molecular weight excluding hydrogens is 220 g/mol. The van der Waals surface area contributed by atoms with Crippen molar-refractivity contribution >= 4 is 0 Å². The standard InChI is InChI=1S/C16H26N2/c1-3-4-7-13(2)17-12-16-10-14-8-5-6-9-15(14)11-18-16/h5-6,8-9,13,16-18H,3-4,7,10-12H2,1-2H3/t13?,16-/m0/s1. The van der Waals surface area contributed by atoms with Crippen LogP contribution in [0.25, 0.3) is 0 Å². The molecule has 1 aliphatic rings. The molecule has 0 spiro atoms. The van der Waals surface area contributed by atoms with Gasteiger partial charge in [-0.15, -0.1) is 0 Å². The van der Waals surface area contributed by atoms with E-state index in [1.165, 1.54) is 30.4 Å². The molecule has 1 aromatic carbocycles. The SMILES string of the molecule is CCCCC(C)NC[C@@H]1Cc2ccccc2CN1. The van der Waals surface area contributed by atoms with Gasteiger partial charge < -0.3 is 10.6 Å². The lowest BCUT2D eigenvalue weighted by molar-refractivity contribution is 0.408. The Morgan fingerprint density at radius 3 is 2.89 bits per heavy atom. The molecule has 1 aliphatic heterocycles. The second-order valence-corrected chi connectivity index (χ2v) is 5.50. The highest BCUT2D eigenvalue weighted by Crippen LogP contribution is 2.15. The molecule has 0 aliphatic carbocycles. The van der Waals surface area contributed by atoms with Crippen molar-refractivity contribution in [1.82, 2.24) is 10.6 Å². The number of fused-ring (bicyclic) bond motifs is 1. The van der Waals surface area contributed by atoms with Crippen molar-refractivity contribution in [3.63, 3.8) is 0 Å². The van der Waals surface area contributed by atoms with Crippen LogP contribution in [0.1, 0.15) is 44.2 Å². The highest BCUT2D eigenvalue weighted by Gasteiger charge is 2.17. The molecule has 1 heterocycles. The monoisotopic (exact) mass is 246 g/mol. The molecule has 18 heavy (non-hydrogen) atoms. The zero-order valence-corrected chi connectivity index (χ0v) is 11.7. The molecule has 2 rings (SSSR count). The normalized spacial score (nSPS) is 20.4. The van der Waals surface area contributed by atoms with Crippen LogP contribution >= 0.6 is 0 Å². The molecule has 100 valence electrons. The van der Waals surface area contributed by atoms with E-state index < -0.39 is 0 Å². The summed E-state index contributed by atoms with van der Waals surface area (Å²) in [6, 6.07) is 10.0. The van der Waals surface area contributed by atoms with Crippen molar-refractivity contribution in [3.8, 4) is 0 Å². The van der Waals surface area contributed by atoms with Crippen LogP contribution in [0, 0.1) is 0 Å². The molecular formula is C16H26N2. The lowest BCUT2D eigenvalue weighted by Gasteiger charge is -2.27. The van der Waals surface area contributed by atoms with E-state index in [0.29, 0.717) is 12.1 Å². The fourth-order valence-corrected chi connectivity index (χ4v) is 2.62. The van der Waals surface area contributed by atoms with Crippen molar-refractivity contribution in [2.24, 2.45) is 0 Å². The summed E-state index contributed by atoms with van der Waals surface area (Å²) < 4.78 is 0. The quantitative estimate of drug-likeness (QED) is 0.806. The zero-order chi connectivity index (χ0) is 12.8. The number of benzene rings is 1. The number of rotatable bonds is 6. The lowest BCUT2D eigenvalue weighted by atomic mass is 9.96. The van der Waals surface area contributed by atoms with Gasteiger partial charge in [-0.25, -0.2) is 0 Å². The molecule has 0 saturated heterocycles.